The van der Waals surface area contributed by atoms with Crippen molar-refractivity contribution in [2.24, 2.45) is 0 Å². The van der Waals surface area contributed by atoms with E-state index in [0.717, 1.165) is 18.0 Å². The molecule has 3 rings (SSSR count). The Hall–Kier alpha value is -1.99. The fraction of sp³-hybridized carbons (Fsp3) is 0.500. The van der Waals surface area contributed by atoms with Crippen LogP contribution in [0.25, 0.3) is 0 Å². The van der Waals surface area contributed by atoms with Crippen molar-refractivity contribution in [1.29, 1.82) is 0 Å². The van der Waals surface area contributed by atoms with Crippen LogP contribution in [0.4, 0.5) is 5.69 Å². The van der Waals surface area contributed by atoms with Crippen LogP contribution in [0.2, 0.25) is 0 Å². The first-order chi connectivity index (χ1) is 13.0. The molecule has 0 spiro atoms. The van der Waals surface area contributed by atoms with Crippen molar-refractivity contribution in [3.8, 4) is 11.8 Å². The maximum Gasteiger partial charge on any atom is 0.220 e. The molecule has 0 unspecified atom stereocenters. The number of methoxy groups -OCH3 is 2. The van der Waals surface area contributed by atoms with Crippen LogP contribution in [-0.2, 0) is 0 Å². The third-order valence-electron chi connectivity index (χ3n) is 4.93. The lowest BCUT2D eigenvalue weighted by Crippen LogP contribution is -2.42. The Bertz CT molecular complexity index is 754. The highest BCUT2D eigenvalue weighted by Crippen LogP contribution is 2.37. The second-order valence-corrected chi connectivity index (χ2v) is 8.00. The van der Waals surface area contributed by atoms with Gasteiger partial charge in [-0.2, -0.15) is 9.97 Å². The third-order valence-corrected chi connectivity index (χ3v) is 5.84. The van der Waals surface area contributed by atoms with Crippen LogP contribution in [0.1, 0.15) is 18.4 Å². The number of hydrogen-bond donors (Lipinski definition) is 0. The van der Waals surface area contributed by atoms with E-state index in [1.807, 2.05) is 0 Å². The quantitative estimate of drug-likeness (QED) is 0.702. The summed E-state index contributed by atoms with van der Waals surface area (Å²) in [5.74, 6) is 1.01. The van der Waals surface area contributed by atoms with Crippen LogP contribution in [0.3, 0.4) is 0 Å². The molecule has 0 N–H and O–H groups in total. The van der Waals surface area contributed by atoms with E-state index in [1.54, 1.807) is 32.0 Å². The Labute approximate surface area is 165 Å². The summed E-state index contributed by atoms with van der Waals surface area (Å²) in [4.78, 5) is 14.9. The monoisotopic (exact) mass is 388 g/mol. The normalized spacial score (nSPS) is 15.3. The molecule has 0 radical (unpaired) electrons. The maximum atomic E-state index is 5.28. The largest absolute Gasteiger partial charge is 0.481 e. The van der Waals surface area contributed by atoms with Crippen LogP contribution < -0.4 is 14.4 Å². The zero-order valence-electron chi connectivity index (χ0n) is 16.7. The molecule has 0 aliphatic carbocycles. The van der Waals surface area contributed by atoms with Gasteiger partial charge in [-0.25, -0.2) is 0 Å². The maximum absolute atomic E-state index is 5.28. The minimum Gasteiger partial charge on any atom is -0.481 e. The molecule has 1 fully saturated rings. The topological polar surface area (TPSA) is 50.7 Å². The van der Waals surface area contributed by atoms with Gasteiger partial charge in [0, 0.05) is 24.0 Å². The number of ether oxygens (including phenoxy) is 2. The molecule has 6 nitrogen and oxygen atoms in total. The first-order valence-corrected chi connectivity index (χ1v) is 9.98. The van der Waals surface area contributed by atoms with Crippen molar-refractivity contribution < 1.29 is 9.47 Å². The smallest absolute Gasteiger partial charge is 0.220 e. The van der Waals surface area contributed by atoms with E-state index >= 15 is 0 Å². The highest BCUT2D eigenvalue weighted by molar-refractivity contribution is 7.99. The number of nitrogens with zero attached hydrogens (tertiary/aromatic N) is 4. The number of anilines is 1. The number of piperidine rings is 1. The van der Waals surface area contributed by atoms with Gasteiger partial charge in [-0.3, -0.25) is 0 Å². The number of hydrogen-bond acceptors (Lipinski definition) is 7. The van der Waals surface area contributed by atoms with Crippen molar-refractivity contribution in [1.82, 2.24) is 14.9 Å². The molecular formula is C20H28N4O2S. The first-order valence-electron chi connectivity index (χ1n) is 9.17. The average molecular weight is 389 g/mol. The molecule has 146 valence electrons. The van der Waals surface area contributed by atoms with Crippen LogP contribution >= 0.6 is 11.8 Å². The number of benzene rings is 1. The van der Waals surface area contributed by atoms with E-state index in [9.17, 15) is 0 Å². The Morgan fingerprint density at radius 3 is 2.22 bits per heavy atom. The van der Waals surface area contributed by atoms with Gasteiger partial charge in [-0.1, -0.05) is 6.07 Å². The summed E-state index contributed by atoms with van der Waals surface area (Å²) in [7, 11) is 7.54. The van der Waals surface area contributed by atoms with Crippen molar-refractivity contribution >= 4 is 17.4 Å². The summed E-state index contributed by atoms with van der Waals surface area (Å²) in [6.07, 6.45) is 2.35. The summed E-state index contributed by atoms with van der Waals surface area (Å²) in [5.41, 5.74) is 2.47. The summed E-state index contributed by atoms with van der Waals surface area (Å²) >= 11 is 1.55. The second kappa shape index (κ2) is 8.80. The van der Waals surface area contributed by atoms with E-state index in [1.165, 1.54) is 24.1 Å². The van der Waals surface area contributed by atoms with Gasteiger partial charge in [0.2, 0.25) is 11.8 Å². The zero-order valence-corrected chi connectivity index (χ0v) is 17.5. The van der Waals surface area contributed by atoms with Gasteiger partial charge in [-0.05, 0) is 63.3 Å². The van der Waals surface area contributed by atoms with E-state index in [2.05, 4.69) is 59.0 Å². The molecule has 1 saturated heterocycles. The number of aromatic nitrogens is 2. The van der Waals surface area contributed by atoms with Gasteiger partial charge in [0.25, 0.3) is 0 Å². The molecule has 1 aliphatic heterocycles. The summed E-state index contributed by atoms with van der Waals surface area (Å²) in [6.45, 7) is 4.22. The van der Waals surface area contributed by atoms with E-state index in [-0.39, 0.29) is 0 Å². The minimum absolute atomic E-state index is 0.505. The standard InChI is InChI=1S/C20H28N4O2S/c1-14-6-7-16(24-10-8-15(9-11-24)23(2)3)17(12-14)27-20-21-18(25-4)13-19(22-20)26-5/h6-7,12-13,15H,8-11H2,1-5H3. The highest BCUT2D eigenvalue weighted by atomic mass is 32.2. The minimum atomic E-state index is 0.505. The molecule has 0 saturated carbocycles. The predicted molar refractivity (Wildman–Crippen MR) is 109 cm³/mol. The Morgan fingerprint density at radius 2 is 1.67 bits per heavy atom. The van der Waals surface area contributed by atoms with Crippen LogP contribution in [0, 0.1) is 6.92 Å². The van der Waals surface area contributed by atoms with Crippen LogP contribution in [0.5, 0.6) is 11.8 Å². The lowest BCUT2D eigenvalue weighted by atomic mass is 10.0. The van der Waals surface area contributed by atoms with Crippen molar-refractivity contribution in [3.05, 3.63) is 29.8 Å². The number of rotatable bonds is 6. The Balaban J connectivity index is 1.85. The van der Waals surface area contributed by atoms with Gasteiger partial charge in [0.05, 0.1) is 26.0 Å². The fourth-order valence-electron chi connectivity index (χ4n) is 3.32. The molecule has 2 heterocycles. The highest BCUT2D eigenvalue weighted by Gasteiger charge is 2.23. The molecule has 27 heavy (non-hydrogen) atoms. The van der Waals surface area contributed by atoms with Crippen molar-refractivity contribution in [2.75, 3.05) is 46.3 Å². The summed E-state index contributed by atoms with van der Waals surface area (Å²) in [6, 6.07) is 8.93. The second-order valence-electron chi connectivity index (χ2n) is 6.99. The van der Waals surface area contributed by atoms with Gasteiger partial charge >= 0.3 is 0 Å². The summed E-state index contributed by atoms with van der Waals surface area (Å²) < 4.78 is 10.6. The molecule has 1 aromatic heterocycles. The van der Waals surface area contributed by atoms with E-state index < -0.39 is 0 Å². The van der Waals surface area contributed by atoms with Crippen LogP contribution in [0.15, 0.2) is 34.3 Å². The van der Waals surface area contributed by atoms with Gasteiger partial charge in [0.1, 0.15) is 0 Å². The summed E-state index contributed by atoms with van der Waals surface area (Å²) in [5, 5.41) is 0.626. The van der Waals surface area contributed by atoms with Crippen molar-refractivity contribution in [3.63, 3.8) is 0 Å². The first kappa shape index (κ1) is 19.8. The fourth-order valence-corrected chi connectivity index (χ4v) is 4.34. The van der Waals surface area contributed by atoms with Crippen molar-refractivity contribution in [2.45, 2.75) is 35.9 Å². The third kappa shape index (κ3) is 4.84. The number of aryl methyl sites for hydroxylation is 1. The molecule has 1 aliphatic rings. The molecule has 0 amide bonds. The molecule has 0 atom stereocenters. The molecular weight excluding hydrogens is 360 g/mol. The SMILES string of the molecule is COc1cc(OC)nc(Sc2cc(C)ccc2N2CCC(N(C)C)CC2)n1. The van der Waals surface area contributed by atoms with Crippen LogP contribution in [-0.4, -0.2) is 62.3 Å². The Kier molecular flexibility index (Phi) is 6.44. The lowest BCUT2D eigenvalue weighted by Gasteiger charge is -2.37. The van der Waals surface area contributed by atoms with E-state index in [4.69, 9.17) is 9.47 Å². The van der Waals surface area contributed by atoms with Gasteiger partial charge in [0.15, 0.2) is 5.16 Å². The molecule has 0 bridgehead atoms. The Morgan fingerprint density at radius 1 is 1.04 bits per heavy atom. The molecule has 2 aromatic rings. The lowest BCUT2D eigenvalue weighted by molar-refractivity contribution is 0.249. The average Bonchev–Trinajstić information content (AvgIpc) is 2.68. The molecule has 7 heteroatoms. The van der Waals surface area contributed by atoms with E-state index in [0.29, 0.717) is 23.0 Å². The predicted octanol–water partition coefficient (Wildman–Crippen LogP) is 3.48. The molecule has 1 aromatic carbocycles. The zero-order chi connectivity index (χ0) is 19.4. The van der Waals surface area contributed by atoms with Gasteiger partial charge in [-0.15, -0.1) is 0 Å². The van der Waals surface area contributed by atoms with Gasteiger partial charge < -0.3 is 19.3 Å².